The minimum absolute atomic E-state index is 0.274. The van der Waals surface area contributed by atoms with Gasteiger partial charge in [-0.15, -0.1) is 0 Å². The van der Waals surface area contributed by atoms with E-state index in [1.54, 1.807) is 0 Å². The van der Waals surface area contributed by atoms with Crippen molar-refractivity contribution in [3.05, 3.63) is 34.9 Å². The fourth-order valence-electron chi connectivity index (χ4n) is 2.83. The van der Waals surface area contributed by atoms with Gasteiger partial charge in [0.05, 0.1) is 19.3 Å². The minimum Gasteiger partial charge on any atom is -0.386 e. The summed E-state index contributed by atoms with van der Waals surface area (Å²) in [5.74, 6) is 0. The predicted molar refractivity (Wildman–Crippen MR) is 77.3 cm³/mol. The third kappa shape index (κ3) is 2.99. The standard InChI is InChI=1S/C16H25NO2/c1-12-5-6-14(13(2)11-12)15(18)16(3,4)17-7-9-19-10-8-17/h5-6,11,15,18H,7-10H2,1-4H3. The summed E-state index contributed by atoms with van der Waals surface area (Å²) in [5, 5.41) is 10.8. The van der Waals surface area contributed by atoms with Gasteiger partial charge in [0.25, 0.3) is 0 Å². The average Bonchev–Trinajstić information content (AvgIpc) is 2.39. The van der Waals surface area contributed by atoms with Gasteiger partial charge in [-0.25, -0.2) is 0 Å². The molecule has 3 heteroatoms. The van der Waals surface area contributed by atoms with E-state index in [4.69, 9.17) is 4.74 Å². The lowest BCUT2D eigenvalue weighted by atomic mass is 9.86. The Bertz CT molecular complexity index is 436. The molecule has 0 aliphatic carbocycles. The van der Waals surface area contributed by atoms with Crippen molar-refractivity contribution in [3.8, 4) is 0 Å². The molecule has 19 heavy (non-hydrogen) atoms. The third-order valence-electron chi connectivity index (χ3n) is 4.22. The number of ether oxygens (including phenoxy) is 1. The highest BCUT2D eigenvalue weighted by Crippen LogP contribution is 2.33. The summed E-state index contributed by atoms with van der Waals surface area (Å²) in [6.45, 7) is 11.7. The van der Waals surface area contributed by atoms with Crippen LogP contribution in [-0.2, 0) is 4.74 Å². The first-order valence-corrected chi connectivity index (χ1v) is 7.01. The van der Waals surface area contributed by atoms with Gasteiger partial charge in [-0.1, -0.05) is 23.8 Å². The molecule has 0 spiro atoms. The molecule has 3 nitrogen and oxygen atoms in total. The molecule has 1 aromatic rings. The molecule has 0 aromatic heterocycles. The predicted octanol–water partition coefficient (Wildman–Crippen LogP) is 2.45. The van der Waals surface area contributed by atoms with Crippen molar-refractivity contribution < 1.29 is 9.84 Å². The summed E-state index contributed by atoms with van der Waals surface area (Å²) in [7, 11) is 0. The second-order valence-electron chi connectivity index (χ2n) is 6.02. The molecule has 1 aliphatic heterocycles. The first-order chi connectivity index (χ1) is 8.93. The fourth-order valence-corrected chi connectivity index (χ4v) is 2.83. The fraction of sp³-hybridized carbons (Fsp3) is 0.625. The molecular weight excluding hydrogens is 238 g/mol. The van der Waals surface area contributed by atoms with Crippen LogP contribution in [-0.4, -0.2) is 41.8 Å². The normalized spacial score (nSPS) is 19.4. The van der Waals surface area contributed by atoms with E-state index >= 15 is 0 Å². The van der Waals surface area contributed by atoms with Gasteiger partial charge >= 0.3 is 0 Å². The molecule has 0 amide bonds. The van der Waals surface area contributed by atoms with Crippen LogP contribution in [0, 0.1) is 13.8 Å². The molecule has 1 N–H and O–H groups in total. The molecule has 106 valence electrons. The number of aliphatic hydroxyl groups excluding tert-OH is 1. The van der Waals surface area contributed by atoms with Crippen LogP contribution >= 0.6 is 0 Å². The van der Waals surface area contributed by atoms with E-state index in [-0.39, 0.29) is 5.54 Å². The van der Waals surface area contributed by atoms with Crippen LogP contribution in [0.1, 0.15) is 36.6 Å². The lowest BCUT2D eigenvalue weighted by molar-refractivity contribution is -0.0632. The molecule has 0 saturated carbocycles. The maximum atomic E-state index is 10.8. The average molecular weight is 263 g/mol. The Balaban J connectivity index is 2.23. The quantitative estimate of drug-likeness (QED) is 0.909. The second kappa shape index (κ2) is 5.61. The molecule has 1 fully saturated rings. The molecule has 0 radical (unpaired) electrons. The first-order valence-electron chi connectivity index (χ1n) is 7.01. The van der Waals surface area contributed by atoms with Gasteiger partial charge in [-0.05, 0) is 38.8 Å². The van der Waals surface area contributed by atoms with Gasteiger partial charge < -0.3 is 9.84 Å². The summed E-state index contributed by atoms with van der Waals surface area (Å²) in [6.07, 6.45) is -0.480. The van der Waals surface area contributed by atoms with Crippen molar-refractivity contribution in [2.45, 2.75) is 39.3 Å². The van der Waals surface area contributed by atoms with Crippen LogP contribution in [0.4, 0.5) is 0 Å². The van der Waals surface area contributed by atoms with E-state index in [0.29, 0.717) is 0 Å². The Morgan fingerprint density at radius 3 is 2.42 bits per heavy atom. The maximum absolute atomic E-state index is 10.8. The largest absolute Gasteiger partial charge is 0.386 e. The zero-order valence-electron chi connectivity index (χ0n) is 12.4. The van der Waals surface area contributed by atoms with E-state index in [2.05, 4.69) is 50.8 Å². The van der Waals surface area contributed by atoms with Gasteiger partial charge in [-0.2, -0.15) is 0 Å². The first kappa shape index (κ1) is 14.5. The van der Waals surface area contributed by atoms with E-state index in [9.17, 15) is 5.11 Å². The van der Waals surface area contributed by atoms with Crippen molar-refractivity contribution in [2.24, 2.45) is 0 Å². The highest BCUT2D eigenvalue weighted by atomic mass is 16.5. The number of hydrogen-bond donors (Lipinski definition) is 1. The Morgan fingerprint density at radius 2 is 1.84 bits per heavy atom. The van der Waals surface area contributed by atoms with Gasteiger partial charge in [0.1, 0.15) is 0 Å². The van der Waals surface area contributed by atoms with Crippen molar-refractivity contribution in [1.82, 2.24) is 4.90 Å². The van der Waals surface area contributed by atoms with E-state index in [1.165, 1.54) is 5.56 Å². The Labute approximate surface area is 116 Å². The summed E-state index contributed by atoms with van der Waals surface area (Å²) < 4.78 is 5.40. The third-order valence-corrected chi connectivity index (χ3v) is 4.22. The molecule has 1 saturated heterocycles. The zero-order chi connectivity index (χ0) is 14.0. The highest BCUT2D eigenvalue weighted by molar-refractivity contribution is 5.33. The van der Waals surface area contributed by atoms with E-state index in [1.807, 2.05) is 0 Å². The lowest BCUT2D eigenvalue weighted by Crippen LogP contribution is -2.53. The van der Waals surface area contributed by atoms with Crippen molar-refractivity contribution in [2.75, 3.05) is 26.3 Å². The van der Waals surface area contributed by atoms with Crippen LogP contribution in [0.2, 0.25) is 0 Å². The lowest BCUT2D eigenvalue weighted by Gasteiger charge is -2.44. The van der Waals surface area contributed by atoms with Gasteiger partial charge in [0.2, 0.25) is 0 Å². The molecule has 1 aromatic carbocycles. The minimum atomic E-state index is -0.480. The Hall–Kier alpha value is -0.900. The monoisotopic (exact) mass is 263 g/mol. The van der Waals surface area contributed by atoms with Crippen molar-refractivity contribution >= 4 is 0 Å². The molecule has 1 heterocycles. The number of morpholine rings is 1. The summed E-state index contributed by atoms with van der Waals surface area (Å²) in [4.78, 5) is 2.32. The van der Waals surface area contributed by atoms with Gasteiger partial charge in [0.15, 0.2) is 0 Å². The number of aryl methyl sites for hydroxylation is 2. The molecule has 1 unspecified atom stereocenters. The van der Waals surface area contributed by atoms with Crippen molar-refractivity contribution in [3.63, 3.8) is 0 Å². The molecule has 0 bridgehead atoms. The van der Waals surface area contributed by atoms with Crippen LogP contribution in [0.25, 0.3) is 0 Å². The SMILES string of the molecule is Cc1ccc(C(O)C(C)(C)N2CCOCC2)c(C)c1. The zero-order valence-corrected chi connectivity index (χ0v) is 12.4. The summed E-state index contributed by atoms with van der Waals surface area (Å²) in [6, 6.07) is 6.26. The number of nitrogens with zero attached hydrogens (tertiary/aromatic N) is 1. The van der Waals surface area contributed by atoms with Crippen molar-refractivity contribution in [1.29, 1.82) is 0 Å². The Morgan fingerprint density at radius 1 is 1.21 bits per heavy atom. The number of hydrogen-bond acceptors (Lipinski definition) is 3. The second-order valence-corrected chi connectivity index (χ2v) is 6.02. The molecule has 2 rings (SSSR count). The number of aliphatic hydroxyl groups is 1. The smallest absolute Gasteiger partial charge is 0.0970 e. The Kier molecular flexibility index (Phi) is 4.29. The number of rotatable bonds is 3. The summed E-state index contributed by atoms with van der Waals surface area (Å²) in [5.41, 5.74) is 3.15. The maximum Gasteiger partial charge on any atom is 0.0970 e. The van der Waals surface area contributed by atoms with Crippen LogP contribution in [0.3, 0.4) is 0 Å². The van der Waals surface area contributed by atoms with Crippen LogP contribution < -0.4 is 0 Å². The molecule has 1 aliphatic rings. The van der Waals surface area contributed by atoms with E-state index in [0.717, 1.165) is 37.4 Å². The molecular formula is C16H25NO2. The van der Waals surface area contributed by atoms with Gasteiger partial charge in [0, 0.05) is 18.6 Å². The summed E-state index contributed by atoms with van der Waals surface area (Å²) >= 11 is 0. The van der Waals surface area contributed by atoms with Gasteiger partial charge in [-0.3, -0.25) is 4.90 Å². The topological polar surface area (TPSA) is 32.7 Å². The van der Waals surface area contributed by atoms with Crippen LogP contribution in [0.5, 0.6) is 0 Å². The number of benzene rings is 1. The van der Waals surface area contributed by atoms with Crippen LogP contribution in [0.15, 0.2) is 18.2 Å². The van der Waals surface area contributed by atoms with E-state index < -0.39 is 6.10 Å². The molecule has 1 atom stereocenters. The highest BCUT2D eigenvalue weighted by Gasteiger charge is 2.36.